The fourth-order valence-electron chi connectivity index (χ4n) is 1.86. The van der Waals surface area contributed by atoms with Crippen molar-refractivity contribution in [3.8, 4) is 0 Å². The third-order valence-electron chi connectivity index (χ3n) is 2.67. The predicted octanol–water partition coefficient (Wildman–Crippen LogP) is 4.73. The SMILES string of the molecule is Cc1nc(C(C)Nc2cccc(Cl)c2F)c(C)s1. The van der Waals surface area contributed by atoms with Crippen LogP contribution in [0, 0.1) is 19.7 Å². The molecule has 2 aromatic rings. The van der Waals surface area contributed by atoms with E-state index in [2.05, 4.69) is 10.3 Å². The smallest absolute Gasteiger partial charge is 0.164 e. The summed E-state index contributed by atoms with van der Waals surface area (Å²) in [4.78, 5) is 5.61. The summed E-state index contributed by atoms with van der Waals surface area (Å²) in [5.41, 5.74) is 1.36. The van der Waals surface area contributed by atoms with Crippen molar-refractivity contribution in [2.45, 2.75) is 26.8 Å². The van der Waals surface area contributed by atoms with Gasteiger partial charge in [-0.25, -0.2) is 9.37 Å². The van der Waals surface area contributed by atoms with E-state index >= 15 is 0 Å². The van der Waals surface area contributed by atoms with Gasteiger partial charge in [-0.1, -0.05) is 17.7 Å². The second kappa shape index (κ2) is 5.24. The predicted molar refractivity (Wildman–Crippen MR) is 75.0 cm³/mol. The van der Waals surface area contributed by atoms with Crippen LogP contribution in [0.4, 0.5) is 10.1 Å². The molecule has 1 atom stereocenters. The quantitative estimate of drug-likeness (QED) is 0.882. The van der Waals surface area contributed by atoms with Crippen LogP contribution in [0.2, 0.25) is 5.02 Å². The summed E-state index contributed by atoms with van der Waals surface area (Å²) in [6.07, 6.45) is 0. The summed E-state index contributed by atoms with van der Waals surface area (Å²) in [5, 5.41) is 4.25. The minimum atomic E-state index is -0.421. The Labute approximate surface area is 115 Å². The maximum atomic E-state index is 13.8. The first-order valence-electron chi connectivity index (χ1n) is 5.63. The molecule has 0 aliphatic rings. The average Bonchev–Trinajstić information content (AvgIpc) is 2.64. The van der Waals surface area contributed by atoms with Gasteiger partial charge in [-0.3, -0.25) is 0 Å². The molecule has 0 bridgehead atoms. The highest BCUT2D eigenvalue weighted by molar-refractivity contribution is 7.11. The van der Waals surface area contributed by atoms with Crippen molar-refractivity contribution >= 4 is 28.6 Å². The molecule has 5 heteroatoms. The standard InChI is InChI=1S/C13H14ClFN2S/c1-7(13-8(2)18-9(3)17-13)16-11-6-4-5-10(14)12(11)15/h4-7,16H,1-3H3. The number of anilines is 1. The zero-order chi connectivity index (χ0) is 13.3. The van der Waals surface area contributed by atoms with Crippen LogP contribution >= 0.6 is 22.9 Å². The van der Waals surface area contributed by atoms with Gasteiger partial charge in [0.25, 0.3) is 0 Å². The van der Waals surface area contributed by atoms with Gasteiger partial charge < -0.3 is 5.32 Å². The fraction of sp³-hybridized carbons (Fsp3) is 0.308. The van der Waals surface area contributed by atoms with Crippen LogP contribution in [0.25, 0.3) is 0 Å². The highest BCUT2D eigenvalue weighted by atomic mass is 35.5. The number of rotatable bonds is 3. The third kappa shape index (κ3) is 2.65. The topological polar surface area (TPSA) is 24.9 Å². The molecule has 0 fully saturated rings. The molecule has 2 rings (SSSR count). The minimum absolute atomic E-state index is 0.0529. The lowest BCUT2D eigenvalue weighted by Gasteiger charge is -2.15. The number of halogens is 2. The van der Waals surface area contributed by atoms with Gasteiger partial charge in [0.05, 0.1) is 27.5 Å². The second-order valence-corrected chi connectivity index (χ2v) is 5.96. The van der Waals surface area contributed by atoms with E-state index in [9.17, 15) is 4.39 Å². The summed E-state index contributed by atoms with van der Waals surface area (Å²) in [5.74, 6) is -0.421. The molecular formula is C13H14ClFN2S. The second-order valence-electron chi connectivity index (χ2n) is 4.14. The highest BCUT2D eigenvalue weighted by Gasteiger charge is 2.15. The van der Waals surface area contributed by atoms with Crippen molar-refractivity contribution in [3.05, 3.63) is 44.6 Å². The Hall–Kier alpha value is -1.13. The maximum Gasteiger partial charge on any atom is 0.164 e. The molecule has 0 spiro atoms. The van der Waals surface area contributed by atoms with Gasteiger partial charge in [-0.05, 0) is 32.9 Å². The Morgan fingerprint density at radius 1 is 1.39 bits per heavy atom. The molecule has 2 nitrogen and oxygen atoms in total. The molecular weight excluding hydrogens is 271 g/mol. The van der Waals surface area contributed by atoms with Crippen LogP contribution < -0.4 is 5.32 Å². The zero-order valence-corrected chi connectivity index (χ0v) is 12.0. The lowest BCUT2D eigenvalue weighted by molar-refractivity contribution is 0.627. The van der Waals surface area contributed by atoms with Crippen LogP contribution in [-0.4, -0.2) is 4.98 Å². The van der Waals surface area contributed by atoms with Crippen molar-refractivity contribution < 1.29 is 4.39 Å². The van der Waals surface area contributed by atoms with E-state index in [-0.39, 0.29) is 11.1 Å². The van der Waals surface area contributed by atoms with Gasteiger partial charge in [0, 0.05) is 4.88 Å². The van der Waals surface area contributed by atoms with E-state index in [1.165, 1.54) is 6.07 Å². The first-order valence-corrected chi connectivity index (χ1v) is 6.83. The van der Waals surface area contributed by atoms with E-state index in [0.29, 0.717) is 5.69 Å². The number of aromatic nitrogens is 1. The molecule has 1 aromatic carbocycles. The summed E-state index contributed by atoms with van der Waals surface area (Å²) in [7, 11) is 0. The Bertz CT molecular complexity index is 568. The molecule has 0 aliphatic heterocycles. The summed E-state index contributed by atoms with van der Waals surface area (Å²) in [6.45, 7) is 5.95. The molecule has 1 N–H and O–H groups in total. The molecule has 0 saturated carbocycles. The van der Waals surface area contributed by atoms with Crippen molar-refractivity contribution in [1.82, 2.24) is 4.98 Å². The molecule has 0 radical (unpaired) electrons. The highest BCUT2D eigenvalue weighted by Crippen LogP contribution is 2.28. The fourth-order valence-corrected chi connectivity index (χ4v) is 2.95. The number of hydrogen-bond donors (Lipinski definition) is 1. The maximum absolute atomic E-state index is 13.8. The molecule has 1 unspecified atom stereocenters. The van der Waals surface area contributed by atoms with Crippen LogP contribution in [0.3, 0.4) is 0 Å². The first-order chi connectivity index (χ1) is 8.49. The van der Waals surface area contributed by atoms with Gasteiger partial charge in [0.1, 0.15) is 0 Å². The largest absolute Gasteiger partial charge is 0.374 e. The van der Waals surface area contributed by atoms with E-state index in [1.54, 1.807) is 23.5 Å². The minimum Gasteiger partial charge on any atom is -0.374 e. The lowest BCUT2D eigenvalue weighted by Crippen LogP contribution is -2.09. The van der Waals surface area contributed by atoms with E-state index in [0.717, 1.165) is 15.6 Å². The molecule has 1 heterocycles. The van der Waals surface area contributed by atoms with E-state index in [1.807, 2.05) is 20.8 Å². The van der Waals surface area contributed by atoms with Gasteiger partial charge >= 0.3 is 0 Å². The van der Waals surface area contributed by atoms with Crippen LogP contribution in [0.1, 0.15) is 28.5 Å². The van der Waals surface area contributed by atoms with Gasteiger partial charge in [0.2, 0.25) is 0 Å². The van der Waals surface area contributed by atoms with E-state index < -0.39 is 5.82 Å². The van der Waals surface area contributed by atoms with Crippen molar-refractivity contribution in [2.75, 3.05) is 5.32 Å². The molecule has 0 amide bonds. The number of hydrogen-bond acceptors (Lipinski definition) is 3. The van der Waals surface area contributed by atoms with Crippen molar-refractivity contribution in [2.24, 2.45) is 0 Å². The van der Waals surface area contributed by atoms with E-state index in [4.69, 9.17) is 11.6 Å². The van der Waals surface area contributed by atoms with Gasteiger partial charge in [-0.2, -0.15) is 0 Å². The van der Waals surface area contributed by atoms with Gasteiger partial charge in [0.15, 0.2) is 5.82 Å². The first kappa shape index (κ1) is 13.3. The normalized spacial score (nSPS) is 12.5. The lowest BCUT2D eigenvalue weighted by atomic mass is 10.2. The summed E-state index contributed by atoms with van der Waals surface area (Å²) in [6, 6.07) is 4.87. The Morgan fingerprint density at radius 3 is 2.72 bits per heavy atom. The molecule has 0 saturated heterocycles. The average molecular weight is 285 g/mol. The number of aryl methyl sites for hydroxylation is 2. The van der Waals surface area contributed by atoms with Crippen molar-refractivity contribution in [3.63, 3.8) is 0 Å². The van der Waals surface area contributed by atoms with Crippen molar-refractivity contribution in [1.29, 1.82) is 0 Å². The molecule has 1 aromatic heterocycles. The Balaban J connectivity index is 2.24. The number of benzene rings is 1. The zero-order valence-electron chi connectivity index (χ0n) is 10.4. The van der Waals surface area contributed by atoms with Crippen LogP contribution in [-0.2, 0) is 0 Å². The summed E-state index contributed by atoms with van der Waals surface area (Å²) >= 11 is 7.39. The van der Waals surface area contributed by atoms with Crippen LogP contribution in [0.5, 0.6) is 0 Å². The van der Waals surface area contributed by atoms with Gasteiger partial charge in [-0.15, -0.1) is 11.3 Å². The number of thiazole rings is 1. The monoisotopic (exact) mass is 284 g/mol. The molecule has 18 heavy (non-hydrogen) atoms. The Morgan fingerprint density at radius 2 is 2.11 bits per heavy atom. The summed E-state index contributed by atoms with van der Waals surface area (Å²) < 4.78 is 13.8. The molecule has 0 aliphatic carbocycles. The number of nitrogens with zero attached hydrogens (tertiary/aromatic N) is 1. The number of nitrogens with one attached hydrogen (secondary N) is 1. The Kier molecular flexibility index (Phi) is 3.88. The third-order valence-corrected chi connectivity index (χ3v) is 3.87. The molecule has 96 valence electrons. The van der Waals surface area contributed by atoms with Crippen LogP contribution in [0.15, 0.2) is 18.2 Å².